The zero-order valence-electron chi connectivity index (χ0n) is 17.6. The highest BCUT2D eigenvalue weighted by atomic mass is 19.1. The van der Waals surface area contributed by atoms with Gasteiger partial charge in [0.15, 0.2) is 0 Å². The van der Waals surface area contributed by atoms with E-state index in [1.165, 1.54) is 18.2 Å². The normalized spacial score (nSPS) is 14.9. The van der Waals surface area contributed by atoms with Crippen LogP contribution < -0.4 is 0 Å². The summed E-state index contributed by atoms with van der Waals surface area (Å²) in [4.78, 5) is 0. The Hall–Kier alpha value is -3.00. The fourth-order valence-corrected chi connectivity index (χ4v) is 2.37. The number of rotatable bonds is 6. The van der Waals surface area contributed by atoms with Crippen molar-refractivity contribution in [1.29, 1.82) is 0 Å². The molecule has 0 fully saturated rings. The summed E-state index contributed by atoms with van der Waals surface area (Å²) in [6, 6.07) is 6.40. The average Bonchev–Trinajstić information content (AvgIpc) is 2.99. The molecular weight excluding hydrogens is 362 g/mol. The third-order valence-electron chi connectivity index (χ3n) is 4.50. The van der Waals surface area contributed by atoms with E-state index in [2.05, 4.69) is 19.7 Å². The zero-order valence-corrected chi connectivity index (χ0v) is 17.6. The molecule has 0 aromatic heterocycles. The van der Waals surface area contributed by atoms with Crippen molar-refractivity contribution in [2.45, 2.75) is 27.2 Å². The van der Waals surface area contributed by atoms with Gasteiger partial charge in [0.2, 0.25) is 0 Å². The topological polar surface area (TPSA) is 0 Å². The van der Waals surface area contributed by atoms with Gasteiger partial charge in [0.1, 0.15) is 11.6 Å². The van der Waals surface area contributed by atoms with Gasteiger partial charge in [-0.1, -0.05) is 92.5 Å². The molecule has 1 aliphatic carbocycles. The molecule has 0 heterocycles. The largest absolute Gasteiger partial charge is 0.207 e. The predicted molar refractivity (Wildman–Crippen MR) is 123 cm³/mol. The summed E-state index contributed by atoms with van der Waals surface area (Å²) in [6.45, 7) is 17.4. The molecule has 0 saturated carbocycles. The van der Waals surface area contributed by atoms with Crippen LogP contribution in [0.25, 0.3) is 0 Å². The highest BCUT2D eigenvalue weighted by molar-refractivity contribution is 5.53. The molecule has 0 nitrogen and oxygen atoms in total. The van der Waals surface area contributed by atoms with Crippen molar-refractivity contribution in [3.8, 4) is 0 Å². The first-order valence-corrected chi connectivity index (χ1v) is 9.56. The number of hydrogen-bond donors (Lipinski definition) is 0. The average molecular weight is 393 g/mol. The highest BCUT2D eigenvalue weighted by Gasteiger charge is 2.08. The van der Waals surface area contributed by atoms with E-state index in [-0.39, 0.29) is 17.6 Å². The van der Waals surface area contributed by atoms with Crippen molar-refractivity contribution in [2.75, 3.05) is 0 Å². The van der Waals surface area contributed by atoms with Crippen LogP contribution in [-0.2, 0) is 0 Å². The molecular formula is C27H30F2. The van der Waals surface area contributed by atoms with Crippen LogP contribution in [0.15, 0.2) is 121 Å². The van der Waals surface area contributed by atoms with Gasteiger partial charge in [-0.3, -0.25) is 0 Å². The molecule has 0 aliphatic heterocycles. The second-order valence-electron chi connectivity index (χ2n) is 6.93. The minimum Gasteiger partial charge on any atom is -0.207 e. The first kappa shape index (κ1) is 24.0. The molecule has 1 aliphatic rings. The summed E-state index contributed by atoms with van der Waals surface area (Å²) in [5.74, 6) is -0.336. The van der Waals surface area contributed by atoms with Crippen molar-refractivity contribution >= 4 is 0 Å². The highest BCUT2D eigenvalue weighted by Crippen LogP contribution is 2.24. The van der Waals surface area contributed by atoms with E-state index >= 15 is 0 Å². The second kappa shape index (κ2) is 12.5. The third-order valence-corrected chi connectivity index (χ3v) is 4.50. The molecule has 0 radical (unpaired) electrons. The van der Waals surface area contributed by atoms with E-state index in [0.717, 1.165) is 28.7 Å². The first-order chi connectivity index (χ1) is 13.8. The van der Waals surface area contributed by atoms with Crippen LogP contribution in [-0.4, -0.2) is 0 Å². The molecule has 152 valence electrons. The molecule has 0 bridgehead atoms. The lowest BCUT2D eigenvalue weighted by Gasteiger charge is -2.11. The van der Waals surface area contributed by atoms with E-state index in [4.69, 9.17) is 0 Å². The van der Waals surface area contributed by atoms with Gasteiger partial charge in [0.05, 0.1) is 0 Å². The van der Waals surface area contributed by atoms with Gasteiger partial charge in [-0.2, -0.15) is 0 Å². The molecule has 29 heavy (non-hydrogen) atoms. The maximum atomic E-state index is 14.1. The Balaban J connectivity index is 0.000000436. The molecule has 1 aromatic rings. The maximum Gasteiger partial charge on any atom is 0.130 e. The molecule has 0 amide bonds. The third kappa shape index (κ3) is 8.69. The summed E-state index contributed by atoms with van der Waals surface area (Å²) in [6.07, 6.45) is 15.5. The van der Waals surface area contributed by atoms with Crippen LogP contribution in [0.4, 0.5) is 8.78 Å². The van der Waals surface area contributed by atoms with Crippen molar-refractivity contribution in [1.82, 2.24) is 0 Å². The van der Waals surface area contributed by atoms with Crippen LogP contribution in [0.1, 0.15) is 25.8 Å². The second-order valence-corrected chi connectivity index (χ2v) is 6.93. The van der Waals surface area contributed by atoms with Gasteiger partial charge < -0.3 is 0 Å². The van der Waals surface area contributed by atoms with Crippen molar-refractivity contribution < 1.29 is 8.78 Å². The van der Waals surface area contributed by atoms with Gasteiger partial charge in [-0.05, 0) is 49.6 Å². The van der Waals surface area contributed by atoms with Crippen molar-refractivity contribution in [2.24, 2.45) is 5.92 Å². The Morgan fingerprint density at radius 2 is 1.76 bits per heavy atom. The maximum absolute atomic E-state index is 14.1. The Kier molecular flexibility index (Phi) is 10.3. The molecule has 2 rings (SSSR count). The van der Waals surface area contributed by atoms with Crippen molar-refractivity contribution in [3.05, 3.63) is 132 Å². The monoisotopic (exact) mass is 392 g/mol. The van der Waals surface area contributed by atoms with Gasteiger partial charge >= 0.3 is 0 Å². The molecule has 1 aromatic carbocycles. The van der Waals surface area contributed by atoms with Crippen LogP contribution in [0, 0.1) is 18.7 Å². The van der Waals surface area contributed by atoms with E-state index < -0.39 is 0 Å². The smallest absolute Gasteiger partial charge is 0.130 e. The Labute approximate surface area is 174 Å². The summed E-state index contributed by atoms with van der Waals surface area (Å²) in [5, 5.41) is 0. The zero-order chi connectivity index (χ0) is 21.8. The van der Waals surface area contributed by atoms with E-state index in [1.807, 2.05) is 57.2 Å². The minimum absolute atomic E-state index is 0.171. The quantitative estimate of drug-likeness (QED) is 0.337. The van der Waals surface area contributed by atoms with E-state index in [0.29, 0.717) is 5.57 Å². The number of hydrogen-bond acceptors (Lipinski definition) is 0. The van der Waals surface area contributed by atoms with Gasteiger partial charge in [-0.15, -0.1) is 0 Å². The number of benzene rings is 1. The van der Waals surface area contributed by atoms with Crippen molar-refractivity contribution in [3.63, 3.8) is 0 Å². The van der Waals surface area contributed by atoms with Crippen LogP contribution >= 0.6 is 0 Å². The van der Waals surface area contributed by atoms with Gasteiger partial charge in [0.25, 0.3) is 0 Å². The molecule has 0 saturated heterocycles. The van der Waals surface area contributed by atoms with Gasteiger partial charge in [-0.25, -0.2) is 8.78 Å². The SMILES string of the molecule is C=C/C(F)=C(\C=C/C(=C)C(C)C(=C)C)C1=CC=CCC=C1.Cc1ccc(F)cc1. The Morgan fingerprint density at radius 1 is 1.10 bits per heavy atom. The molecule has 2 heteroatoms. The molecule has 0 N–H and O–H groups in total. The fraction of sp³-hybridized carbons (Fsp3) is 0.185. The minimum atomic E-state index is -0.340. The Bertz CT molecular complexity index is 851. The molecule has 1 atom stereocenters. The van der Waals surface area contributed by atoms with Crippen LogP contribution in [0.2, 0.25) is 0 Å². The van der Waals surface area contributed by atoms with E-state index in [1.54, 1.807) is 18.2 Å². The van der Waals surface area contributed by atoms with Crippen LogP contribution in [0.3, 0.4) is 0 Å². The summed E-state index contributed by atoms with van der Waals surface area (Å²) >= 11 is 0. The fourth-order valence-electron chi connectivity index (χ4n) is 2.37. The first-order valence-electron chi connectivity index (χ1n) is 9.56. The lowest BCUT2D eigenvalue weighted by Crippen LogP contribution is -1.97. The summed E-state index contributed by atoms with van der Waals surface area (Å²) in [7, 11) is 0. The van der Waals surface area contributed by atoms with Crippen LogP contribution in [0.5, 0.6) is 0 Å². The lowest BCUT2D eigenvalue weighted by atomic mass is 9.94. The molecule has 0 spiro atoms. The number of halogens is 2. The standard InChI is InChI=1S/C20H23F.C7H7F/c1-6-20(21)19(18-11-9-7-8-10-12-18)14-13-16(4)17(5)15(2)3;1-6-2-4-7(8)5-3-6/h6-7,9-14,17H,1-2,4,8H2,3,5H3;2-5H,1H3/b14-13-,20-19-;. The lowest BCUT2D eigenvalue weighted by molar-refractivity contribution is 0.627. The predicted octanol–water partition coefficient (Wildman–Crippen LogP) is 8.30. The summed E-state index contributed by atoms with van der Waals surface area (Å²) in [5.41, 5.74) is 4.38. The van der Waals surface area contributed by atoms with Gasteiger partial charge in [0, 0.05) is 11.5 Å². The molecule has 1 unspecified atom stereocenters. The number of aryl methyl sites for hydroxylation is 1. The van der Waals surface area contributed by atoms with E-state index in [9.17, 15) is 8.78 Å². The number of allylic oxidation sites excluding steroid dienone is 13. The summed E-state index contributed by atoms with van der Waals surface area (Å²) < 4.78 is 26.2. The Morgan fingerprint density at radius 3 is 2.31 bits per heavy atom.